The number of H-pyrrole nitrogens is 1. The number of benzene rings is 1. The molecule has 24 heavy (non-hydrogen) atoms. The summed E-state index contributed by atoms with van der Waals surface area (Å²) in [5, 5.41) is 1.05. The highest BCUT2D eigenvalue weighted by atomic mass is 79.9. The molecule has 0 fully saturated rings. The van der Waals surface area contributed by atoms with Gasteiger partial charge in [-0.2, -0.15) is 4.98 Å². The average Bonchev–Trinajstić information content (AvgIpc) is 2.83. The Hall–Kier alpha value is -1.18. The van der Waals surface area contributed by atoms with E-state index in [4.69, 9.17) is 21.4 Å². The molecule has 0 saturated carbocycles. The Morgan fingerprint density at radius 2 is 2.12 bits per heavy atom. The number of aromatic amines is 1. The third-order valence-corrected chi connectivity index (χ3v) is 5.22. The summed E-state index contributed by atoms with van der Waals surface area (Å²) in [6.07, 6.45) is 0.175. The van der Waals surface area contributed by atoms with E-state index in [9.17, 15) is 4.57 Å². The molecule has 3 aromatic rings. The van der Waals surface area contributed by atoms with Gasteiger partial charge in [-0.1, -0.05) is 15.9 Å². The lowest BCUT2D eigenvalue weighted by Gasteiger charge is -2.18. The molecule has 128 valence electrons. The highest BCUT2D eigenvalue weighted by Gasteiger charge is 2.17. The summed E-state index contributed by atoms with van der Waals surface area (Å²) in [7, 11) is -2.19. The Morgan fingerprint density at radius 1 is 1.38 bits per heavy atom. The van der Waals surface area contributed by atoms with Gasteiger partial charge in [0.05, 0.1) is 6.16 Å². The second-order valence-corrected chi connectivity index (χ2v) is 8.55. The molecule has 7 nitrogen and oxygen atoms in total. The summed E-state index contributed by atoms with van der Waals surface area (Å²) >= 11 is 9.52. The first-order valence-corrected chi connectivity index (χ1v) is 10.1. The maximum Gasteiger partial charge on any atom is 0.325 e. The number of aromatic nitrogens is 3. The van der Waals surface area contributed by atoms with E-state index >= 15 is 0 Å². The molecule has 0 atom stereocenters. The predicted octanol–water partition coefficient (Wildman–Crippen LogP) is 3.53. The highest BCUT2D eigenvalue weighted by molar-refractivity contribution is 9.10. The fourth-order valence-corrected chi connectivity index (χ4v) is 3.66. The maximum atomic E-state index is 11.0. The highest BCUT2D eigenvalue weighted by Crippen LogP contribution is 2.35. The van der Waals surface area contributed by atoms with Crippen molar-refractivity contribution >= 4 is 62.9 Å². The van der Waals surface area contributed by atoms with Gasteiger partial charge in [-0.05, 0) is 36.2 Å². The lowest BCUT2D eigenvalue weighted by atomic mass is 10.2. The van der Waals surface area contributed by atoms with Crippen molar-refractivity contribution in [1.82, 2.24) is 15.0 Å². The van der Waals surface area contributed by atoms with Crippen molar-refractivity contribution in [2.45, 2.75) is 6.42 Å². The largest absolute Gasteiger partial charge is 0.358 e. The molecule has 3 N–H and O–H groups in total. The maximum absolute atomic E-state index is 11.0. The lowest BCUT2D eigenvalue weighted by Crippen LogP contribution is -2.21. The van der Waals surface area contributed by atoms with Gasteiger partial charge in [-0.3, -0.25) is 4.57 Å². The summed E-state index contributed by atoms with van der Waals surface area (Å²) < 4.78 is 11.9. The van der Waals surface area contributed by atoms with Gasteiger partial charge in [0.15, 0.2) is 5.82 Å². The fraction of sp³-hybridized carbons (Fsp3) is 0.286. The van der Waals surface area contributed by atoms with Crippen LogP contribution in [0.5, 0.6) is 0 Å². The van der Waals surface area contributed by atoms with Crippen LogP contribution in [-0.4, -0.2) is 44.5 Å². The molecule has 0 spiro atoms. The Balaban J connectivity index is 2.01. The fourth-order valence-electron chi connectivity index (χ4n) is 2.58. The molecule has 1 aromatic carbocycles. The van der Waals surface area contributed by atoms with Crippen molar-refractivity contribution in [2.24, 2.45) is 0 Å². The molecule has 10 heteroatoms. The zero-order valence-electron chi connectivity index (χ0n) is 12.7. The smallest absolute Gasteiger partial charge is 0.325 e. The van der Waals surface area contributed by atoms with Gasteiger partial charge in [0.2, 0.25) is 5.28 Å². The third kappa shape index (κ3) is 3.73. The quantitative estimate of drug-likeness (QED) is 0.420. The van der Waals surface area contributed by atoms with Crippen molar-refractivity contribution in [2.75, 3.05) is 24.7 Å². The molecule has 0 amide bonds. The second-order valence-electron chi connectivity index (χ2n) is 5.52. The van der Waals surface area contributed by atoms with Crippen molar-refractivity contribution < 1.29 is 14.4 Å². The van der Waals surface area contributed by atoms with Crippen LogP contribution in [0.25, 0.3) is 21.9 Å². The Morgan fingerprint density at radius 3 is 2.83 bits per heavy atom. The molecule has 0 bridgehead atoms. The van der Waals surface area contributed by atoms with Crippen LogP contribution >= 0.6 is 35.1 Å². The average molecular weight is 434 g/mol. The van der Waals surface area contributed by atoms with Crippen molar-refractivity contribution in [3.63, 3.8) is 0 Å². The lowest BCUT2D eigenvalue weighted by molar-refractivity contribution is 0.372. The predicted molar refractivity (Wildman–Crippen MR) is 98.9 cm³/mol. The first-order valence-electron chi connectivity index (χ1n) is 7.15. The van der Waals surface area contributed by atoms with Gasteiger partial charge in [0.25, 0.3) is 0 Å². The van der Waals surface area contributed by atoms with Gasteiger partial charge in [0.1, 0.15) is 11.0 Å². The molecule has 0 radical (unpaired) electrons. The van der Waals surface area contributed by atoms with Crippen LogP contribution in [0.1, 0.15) is 6.42 Å². The van der Waals surface area contributed by atoms with Crippen molar-refractivity contribution in [3.05, 3.63) is 28.0 Å². The van der Waals surface area contributed by atoms with Crippen LogP contribution in [0.2, 0.25) is 5.28 Å². The van der Waals surface area contributed by atoms with Gasteiger partial charge >= 0.3 is 7.60 Å². The molecular weight excluding hydrogens is 419 g/mol. The van der Waals surface area contributed by atoms with Crippen LogP contribution in [0, 0.1) is 0 Å². The van der Waals surface area contributed by atoms with Gasteiger partial charge in [-0.25, -0.2) is 4.98 Å². The zero-order valence-corrected chi connectivity index (χ0v) is 15.9. The molecule has 3 rings (SSSR count). The molecular formula is C14H15BrClN4O3P. The molecule has 0 aliphatic heterocycles. The Bertz CT molecular complexity index is 958. The number of hydrogen-bond donors (Lipinski definition) is 3. The number of anilines is 1. The number of halogens is 2. The summed E-state index contributed by atoms with van der Waals surface area (Å²) in [5.41, 5.74) is 2.36. The van der Waals surface area contributed by atoms with Crippen LogP contribution < -0.4 is 4.90 Å². The summed E-state index contributed by atoms with van der Waals surface area (Å²) in [6.45, 7) is 0.437. The minimum atomic E-state index is -4.00. The van der Waals surface area contributed by atoms with Crippen molar-refractivity contribution in [3.8, 4) is 0 Å². The number of fused-ring (bicyclic) bond motifs is 3. The summed E-state index contributed by atoms with van der Waals surface area (Å²) in [5.74, 6) is 0.600. The van der Waals surface area contributed by atoms with Crippen LogP contribution in [-0.2, 0) is 4.57 Å². The van der Waals surface area contributed by atoms with Crippen LogP contribution in [0.4, 0.5) is 5.82 Å². The SMILES string of the molecule is CN(CCCP(=O)(O)O)c1nc(Cl)nc2c1[nH]c1ccc(Br)cc12. The molecule has 0 unspecified atom stereocenters. The van der Waals surface area contributed by atoms with Gasteiger partial charge in [0, 0.05) is 29.0 Å². The van der Waals surface area contributed by atoms with Gasteiger partial charge in [-0.15, -0.1) is 0 Å². The van der Waals surface area contributed by atoms with E-state index in [1.807, 2.05) is 23.1 Å². The minimum Gasteiger partial charge on any atom is -0.358 e. The standard InChI is InChI=1S/C14H15BrClN4O3P/c1-20(5-2-6-24(21,22)23)13-12-11(18-14(16)19-13)9-7-8(15)3-4-10(9)17-12/h3-4,7,17H,2,5-6H2,1H3,(H2,21,22,23). The molecule has 0 saturated heterocycles. The molecule has 2 aromatic heterocycles. The van der Waals surface area contributed by atoms with Gasteiger partial charge < -0.3 is 19.7 Å². The van der Waals surface area contributed by atoms with E-state index in [1.165, 1.54) is 0 Å². The monoisotopic (exact) mass is 432 g/mol. The topological polar surface area (TPSA) is 102 Å². The minimum absolute atomic E-state index is 0.125. The Labute approximate surface area is 151 Å². The summed E-state index contributed by atoms with van der Waals surface area (Å²) in [4.78, 5) is 31.6. The number of nitrogens with zero attached hydrogens (tertiary/aromatic N) is 3. The first-order chi connectivity index (χ1) is 11.2. The van der Waals surface area contributed by atoms with Crippen LogP contribution in [0.3, 0.4) is 0 Å². The Kier molecular flexibility index (Phi) is 4.86. The van der Waals surface area contributed by atoms with E-state index in [2.05, 4.69) is 30.9 Å². The zero-order chi connectivity index (χ0) is 17.5. The third-order valence-electron chi connectivity index (χ3n) is 3.66. The van der Waals surface area contributed by atoms with E-state index < -0.39 is 7.60 Å². The van der Waals surface area contributed by atoms with E-state index in [0.717, 1.165) is 20.9 Å². The normalized spacial score (nSPS) is 12.2. The number of nitrogens with one attached hydrogen (secondary N) is 1. The van der Waals surface area contributed by atoms with E-state index in [1.54, 1.807) is 7.05 Å². The molecule has 2 heterocycles. The molecule has 0 aliphatic carbocycles. The number of rotatable bonds is 5. The van der Waals surface area contributed by atoms with E-state index in [0.29, 0.717) is 24.3 Å². The van der Waals surface area contributed by atoms with Crippen molar-refractivity contribution in [1.29, 1.82) is 0 Å². The summed E-state index contributed by atoms with van der Waals surface area (Å²) in [6, 6.07) is 5.82. The first kappa shape index (κ1) is 17.6. The second kappa shape index (κ2) is 6.61. The van der Waals surface area contributed by atoms with Crippen LogP contribution in [0.15, 0.2) is 22.7 Å². The molecule has 0 aliphatic rings. The van der Waals surface area contributed by atoms with E-state index in [-0.39, 0.29) is 11.4 Å². The number of hydrogen-bond acceptors (Lipinski definition) is 4.